The molecule has 0 bridgehead atoms. The Kier molecular flexibility index (Phi) is 3.52. The maximum Gasteiger partial charge on any atom is 0.146 e. The number of benzene rings is 2. The molecule has 5 heteroatoms. The Balaban J connectivity index is 1.48. The summed E-state index contributed by atoms with van der Waals surface area (Å²) >= 11 is 0. The third kappa shape index (κ3) is 2.39. The van der Waals surface area contributed by atoms with Crippen LogP contribution in [0.5, 0.6) is 0 Å². The van der Waals surface area contributed by atoms with Crippen molar-refractivity contribution in [3.8, 4) is 0 Å². The van der Waals surface area contributed by atoms with E-state index in [1.807, 2.05) is 36.4 Å². The summed E-state index contributed by atoms with van der Waals surface area (Å²) in [5.74, 6) is 0.994. The van der Waals surface area contributed by atoms with Crippen LogP contribution in [0.25, 0.3) is 16.7 Å². The molecule has 0 unspecified atom stereocenters. The standard InChI is InChI=1S/C21H19FN4/c22-16-6-1-3-8-18(16)24-12-14-25(15-13-24)21-11-5-10-20-23-17-7-2-4-9-19(17)26(20)21/h1-11H,12-15H2. The molecule has 0 N–H and O–H groups in total. The lowest BCUT2D eigenvalue weighted by Crippen LogP contribution is -2.47. The summed E-state index contributed by atoms with van der Waals surface area (Å²) in [6.07, 6.45) is 0. The third-order valence-electron chi connectivity index (χ3n) is 5.10. The van der Waals surface area contributed by atoms with E-state index in [-0.39, 0.29) is 5.82 Å². The summed E-state index contributed by atoms with van der Waals surface area (Å²) in [6.45, 7) is 3.29. The lowest BCUT2D eigenvalue weighted by atomic mass is 10.2. The summed E-state index contributed by atoms with van der Waals surface area (Å²) in [5, 5.41) is 0. The summed E-state index contributed by atoms with van der Waals surface area (Å²) in [5.41, 5.74) is 3.78. The van der Waals surface area contributed by atoms with E-state index in [4.69, 9.17) is 4.98 Å². The van der Waals surface area contributed by atoms with E-state index in [0.29, 0.717) is 5.69 Å². The van der Waals surface area contributed by atoms with E-state index in [0.717, 1.165) is 48.7 Å². The van der Waals surface area contributed by atoms with Crippen LogP contribution in [0.4, 0.5) is 15.9 Å². The molecular weight excluding hydrogens is 327 g/mol. The lowest BCUT2D eigenvalue weighted by molar-refractivity contribution is 0.596. The topological polar surface area (TPSA) is 23.8 Å². The van der Waals surface area contributed by atoms with Crippen molar-refractivity contribution in [2.75, 3.05) is 36.0 Å². The molecule has 2 aromatic heterocycles. The van der Waals surface area contributed by atoms with Crippen LogP contribution in [-0.2, 0) is 0 Å². The van der Waals surface area contributed by atoms with Gasteiger partial charge in [0.2, 0.25) is 0 Å². The fourth-order valence-electron chi connectivity index (χ4n) is 3.82. The predicted octanol–water partition coefficient (Wildman–Crippen LogP) is 3.95. The second-order valence-electron chi connectivity index (χ2n) is 6.60. The monoisotopic (exact) mass is 346 g/mol. The molecule has 4 nitrogen and oxygen atoms in total. The van der Waals surface area contributed by atoms with Gasteiger partial charge in [-0.1, -0.05) is 30.3 Å². The van der Waals surface area contributed by atoms with Crippen LogP contribution in [0.3, 0.4) is 0 Å². The number of hydrogen-bond acceptors (Lipinski definition) is 3. The summed E-state index contributed by atoms with van der Waals surface area (Å²) in [6, 6.07) is 21.5. The Labute approximate surface area is 151 Å². The van der Waals surface area contributed by atoms with Gasteiger partial charge in [-0.15, -0.1) is 0 Å². The van der Waals surface area contributed by atoms with Gasteiger partial charge in [0.05, 0.1) is 16.7 Å². The second-order valence-corrected chi connectivity index (χ2v) is 6.60. The van der Waals surface area contributed by atoms with Crippen molar-refractivity contribution in [2.24, 2.45) is 0 Å². The van der Waals surface area contributed by atoms with Gasteiger partial charge < -0.3 is 9.80 Å². The van der Waals surface area contributed by atoms with Crippen molar-refractivity contribution < 1.29 is 4.39 Å². The van der Waals surface area contributed by atoms with E-state index in [1.54, 1.807) is 6.07 Å². The molecule has 0 aliphatic carbocycles. The van der Waals surface area contributed by atoms with Crippen LogP contribution in [0, 0.1) is 5.82 Å². The molecule has 2 aromatic carbocycles. The van der Waals surface area contributed by atoms with Crippen LogP contribution in [0.15, 0.2) is 66.7 Å². The zero-order valence-electron chi connectivity index (χ0n) is 14.3. The number of halogens is 1. The van der Waals surface area contributed by atoms with Crippen molar-refractivity contribution in [1.29, 1.82) is 0 Å². The van der Waals surface area contributed by atoms with Gasteiger partial charge in [-0.05, 0) is 36.4 Å². The van der Waals surface area contributed by atoms with Crippen molar-refractivity contribution in [3.05, 3.63) is 72.5 Å². The number of rotatable bonds is 2. The molecular formula is C21H19FN4. The highest BCUT2D eigenvalue weighted by Gasteiger charge is 2.21. The normalized spacial score (nSPS) is 15.1. The largest absolute Gasteiger partial charge is 0.366 e. The van der Waals surface area contributed by atoms with Crippen molar-refractivity contribution in [3.63, 3.8) is 0 Å². The maximum atomic E-state index is 14.1. The van der Waals surface area contributed by atoms with E-state index in [2.05, 4.69) is 32.4 Å². The first-order chi connectivity index (χ1) is 12.8. The van der Waals surface area contributed by atoms with E-state index in [9.17, 15) is 4.39 Å². The number of nitrogens with zero attached hydrogens (tertiary/aromatic N) is 4. The number of piperazine rings is 1. The molecule has 1 fully saturated rings. The molecule has 1 saturated heterocycles. The second kappa shape index (κ2) is 6.02. The Morgan fingerprint density at radius 1 is 0.731 bits per heavy atom. The fourth-order valence-corrected chi connectivity index (χ4v) is 3.82. The number of imidazole rings is 1. The Morgan fingerprint density at radius 3 is 2.31 bits per heavy atom. The summed E-state index contributed by atoms with van der Waals surface area (Å²) < 4.78 is 16.3. The highest BCUT2D eigenvalue weighted by Crippen LogP contribution is 2.26. The predicted molar refractivity (Wildman–Crippen MR) is 104 cm³/mol. The van der Waals surface area contributed by atoms with Crippen LogP contribution in [0.2, 0.25) is 0 Å². The Morgan fingerprint density at radius 2 is 1.46 bits per heavy atom. The molecule has 3 heterocycles. The minimum atomic E-state index is -0.149. The van der Waals surface area contributed by atoms with Crippen molar-refractivity contribution >= 4 is 28.2 Å². The molecule has 0 radical (unpaired) electrons. The van der Waals surface area contributed by atoms with Gasteiger partial charge in [-0.3, -0.25) is 4.40 Å². The van der Waals surface area contributed by atoms with E-state index >= 15 is 0 Å². The molecule has 5 rings (SSSR count). The molecule has 26 heavy (non-hydrogen) atoms. The first kappa shape index (κ1) is 15.2. The quantitative estimate of drug-likeness (QED) is 0.549. The molecule has 0 spiro atoms. The molecule has 0 amide bonds. The highest BCUT2D eigenvalue weighted by atomic mass is 19.1. The van der Waals surface area contributed by atoms with Gasteiger partial charge in [0.15, 0.2) is 0 Å². The van der Waals surface area contributed by atoms with Gasteiger partial charge in [0.25, 0.3) is 0 Å². The number of hydrogen-bond donors (Lipinski definition) is 0. The summed E-state index contributed by atoms with van der Waals surface area (Å²) in [7, 11) is 0. The molecule has 4 aromatic rings. The lowest BCUT2D eigenvalue weighted by Gasteiger charge is -2.37. The first-order valence-electron chi connectivity index (χ1n) is 8.92. The van der Waals surface area contributed by atoms with Crippen molar-refractivity contribution in [1.82, 2.24) is 9.38 Å². The van der Waals surface area contributed by atoms with Gasteiger partial charge >= 0.3 is 0 Å². The van der Waals surface area contributed by atoms with Gasteiger partial charge in [0.1, 0.15) is 17.3 Å². The van der Waals surface area contributed by atoms with Crippen molar-refractivity contribution in [2.45, 2.75) is 0 Å². The van der Waals surface area contributed by atoms with Gasteiger partial charge in [-0.2, -0.15) is 0 Å². The average Bonchev–Trinajstić information content (AvgIpc) is 3.07. The number of anilines is 2. The maximum absolute atomic E-state index is 14.1. The first-order valence-corrected chi connectivity index (χ1v) is 8.92. The molecule has 130 valence electrons. The zero-order valence-corrected chi connectivity index (χ0v) is 14.3. The third-order valence-corrected chi connectivity index (χ3v) is 5.10. The zero-order chi connectivity index (χ0) is 17.5. The molecule has 1 aliphatic heterocycles. The van der Waals surface area contributed by atoms with Gasteiger partial charge in [-0.25, -0.2) is 9.37 Å². The Hall–Kier alpha value is -3.08. The molecule has 0 atom stereocenters. The number of para-hydroxylation sites is 3. The fraction of sp³-hybridized carbons (Fsp3) is 0.190. The van der Waals surface area contributed by atoms with Crippen LogP contribution in [0.1, 0.15) is 0 Å². The number of aromatic nitrogens is 2. The average molecular weight is 346 g/mol. The minimum absolute atomic E-state index is 0.149. The van der Waals surface area contributed by atoms with Crippen LogP contribution in [-0.4, -0.2) is 35.6 Å². The Bertz CT molecular complexity index is 1080. The van der Waals surface area contributed by atoms with Crippen LogP contribution < -0.4 is 9.80 Å². The highest BCUT2D eigenvalue weighted by molar-refractivity contribution is 5.82. The van der Waals surface area contributed by atoms with Crippen LogP contribution >= 0.6 is 0 Å². The number of fused-ring (bicyclic) bond motifs is 3. The SMILES string of the molecule is Fc1ccccc1N1CCN(c2cccc3nc4ccccc4n23)CC1. The van der Waals surface area contributed by atoms with E-state index in [1.165, 1.54) is 6.07 Å². The minimum Gasteiger partial charge on any atom is -0.366 e. The molecule has 1 aliphatic rings. The van der Waals surface area contributed by atoms with Gasteiger partial charge in [0, 0.05) is 26.2 Å². The number of pyridine rings is 1. The van der Waals surface area contributed by atoms with E-state index < -0.39 is 0 Å². The summed E-state index contributed by atoms with van der Waals surface area (Å²) in [4.78, 5) is 9.20. The smallest absolute Gasteiger partial charge is 0.146 e. The molecule has 0 saturated carbocycles.